The van der Waals surface area contributed by atoms with E-state index in [2.05, 4.69) is 36.9 Å². The average molecular weight is 343 g/mol. The molecule has 1 aliphatic rings. The van der Waals surface area contributed by atoms with Crippen molar-refractivity contribution in [2.45, 2.75) is 44.2 Å². The van der Waals surface area contributed by atoms with Crippen LogP contribution in [-0.4, -0.2) is 38.8 Å². The van der Waals surface area contributed by atoms with Crippen molar-refractivity contribution in [3.8, 4) is 0 Å². The predicted molar refractivity (Wildman–Crippen MR) is 94.8 cm³/mol. The molecule has 1 atom stereocenters. The molecule has 0 radical (unpaired) electrons. The van der Waals surface area contributed by atoms with E-state index in [1.165, 1.54) is 37.3 Å². The van der Waals surface area contributed by atoms with Gasteiger partial charge >= 0.3 is 0 Å². The van der Waals surface area contributed by atoms with Crippen molar-refractivity contribution in [3.63, 3.8) is 0 Å². The molecule has 1 saturated carbocycles. The minimum Gasteiger partial charge on any atom is -0.449 e. The zero-order chi connectivity index (χ0) is 14.3. The molecule has 1 unspecified atom stereocenters. The fraction of sp³-hybridized carbons (Fsp3) is 0.538. The Hall–Kier alpha value is -0.0325. The maximum Gasteiger partial charge on any atom is 0.285 e. The minimum atomic E-state index is -1.86. The lowest BCUT2D eigenvalue weighted by Gasteiger charge is -2.38. The van der Waals surface area contributed by atoms with Gasteiger partial charge in [-0.05, 0) is 17.3 Å². The molecule has 0 bridgehead atoms. The van der Waals surface area contributed by atoms with E-state index >= 15 is 0 Å². The molecule has 2 rings (SSSR count). The highest BCUT2D eigenvalue weighted by molar-refractivity contribution is 6.89. The highest BCUT2D eigenvalue weighted by Crippen LogP contribution is 2.37. The zero-order valence-electron chi connectivity index (χ0n) is 12.6. The fourth-order valence-corrected chi connectivity index (χ4v) is 12.1. The molecule has 3 nitrogen and oxygen atoms in total. The highest BCUT2D eigenvalue weighted by atomic mass is 28.4. The van der Waals surface area contributed by atoms with E-state index in [4.69, 9.17) is 12.3 Å². The van der Waals surface area contributed by atoms with E-state index in [1.807, 2.05) is 0 Å². The lowest BCUT2D eigenvalue weighted by molar-refractivity contribution is 0.402. The second kappa shape index (κ2) is 8.42. The molecule has 0 amide bonds. The van der Waals surface area contributed by atoms with Gasteiger partial charge in [-0.1, -0.05) is 62.4 Å². The van der Waals surface area contributed by atoms with Crippen molar-refractivity contribution in [3.05, 3.63) is 30.3 Å². The Labute approximate surface area is 131 Å². The second-order valence-electron chi connectivity index (χ2n) is 5.68. The molecule has 1 aromatic carbocycles. The third kappa shape index (κ3) is 4.23. The predicted octanol–water partition coefficient (Wildman–Crippen LogP) is 0.131. The summed E-state index contributed by atoms with van der Waals surface area (Å²) in [4.78, 5) is 0. The number of rotatable bonds is 7. The first kappa shape index (κ1) is 16.3. The first-order chi connectivity index (χ1) is 9.77. The molecule has 0 aromatic heterocycles. The second-order valence-corrected chi connectivity index (χ2v) is 14.9. The van der Waals surface area contributed by atoms with E-state index < -0.39 is 28.3 Å². The Kier molecular flexibility index (Phi) is 6.88. The van der Waals surface area contributed by atoms with Crippen LogP contribution >= 0.6 is 0 Å². The summed E-state index contributed by atoms with van der Waals surface area (Å²) >= 11 is 0. The first-order valence-corrected chi connectivity index (χ1v) is 13.1. The highest BCUT2D eigenvalue weighted by Gasteiger charge is 2.40. The van der Waals surface area contributed by atoms with Gasteiger partial charge in [0.2, 0.25) is 8.32 Å². The quantitative estimate of drug-likeness (QED) is 0.521. The molecular formula is C13H26O3Si4. The molecule has 0 N–H and O–H groups in total. The fourth-order valence-electron chi connectivity index (χ4n) is 3.14. The molecule has 1 aromatic rings. The van der Waals surface area contributed by atoms with Gasteiger partial charge in [-0.25, -0.2) is 0 Å². The number of benzene rings is 1. The summed E-state index contributed by atoms with van der Waals surface area (Å²) in [6, 6.07) is 10.9. The molecular weight excluding hydrogens is 316 g/mol. The summed E-state index contributed by atoms with van der Waals surface area (Å²) in [7, 11) is -2.67. The summed E-state index contributed by atoms with van der Waals surface area (Å²) in [5.74, 6) is 0. The molecule has 20 heavy (non-hydrogen) atoms. The SMILES string of the molecule is C[Si](O[SiH2]O[SiH2]O[SiH3])(c1ccccc1)C1CCCCC1. The molecule has 1 aliphatic carbocycles. The molecule has 7 heteroatoms. The van der Waals surface area contributed by atoms with Gasteiger partial charge in [-0.3, -0.25) is 0 Å². The zero-order valence-corrected chi connectivity index (χ0v) is 18.5. The van der Waals surface area contributed by atoms with Crippen LogP contribution in [0.2, 0.25) is 12.1 Å². The van der Waals surface area contributed by atoms with Gasteiger partial charge in [0.05, 0.1) is 0 Å². The lowest BCUT2D eigenvalue weighted by atomic mass is 10.0. The summed E-state index contributed by atoms with van der Waals surface area (Å²) in [5.41, 5.74) is 0.758. The Morgan fingerprint density at radius 3 is 2.45 bits per heavy atom. The van der Waals surface area contributed by atoms with Crippen LogP contribution in [0.25, 0.3) is 0 Å². The van der Waals surface area contributed by atoms with Crippen molar-refractivity contribution in [1.29, 1.82) is 0 Å². The standard InChI is InChI=1S/C13H26O3Si4/c1-20(16-19-15-18-14-17,12-8-4-2-5-9-12)13-10-6-3-7-11-13/h2,4-5,8-9,13H,3,6-7,10-11,18-19H2,1,17H3. The van der Waals surface area contributed by atoms with E-state index in [0.29, 0.717) is 0 Å². The van der Waals surface area contributed by atoms with Crippen LogP contribution in [-0.2, 0) is 12.3 Å². The maximum atomic E-state index is 6.48. The van der Waals surface area contributed by atoms with Gasteiger partial charge in [0.1, 0.15) is 10.5 Å². The van der Waals surface area contributed by atoms with Crippen molar-refractivity contribution in [2.24, 2.45) is 0 Å². The third-order valence-electron chi connectivity index (χ3n) is 4.37. The average Bonchev–Trinajstić information content (AvgIpc) is 2.53. The van der Waals surface area contributed by atoms with Crippen LogP contribution < -0.4 is 5.19 Å². The molecule has 0 aliphatic heterocycles. The monoisotopic (exact) mass is 342 g/mol. The topological polar surface area (TPSA) is 27.7 Å². The normalized spacial score (nSPS) is 21.1. The van der Waals surface area contributed by atoms with E-state index in [-0.39, 0.29) is 0 Å². The summed E-state index contributed by atoms with van der Waals surface area (Å²) in [5, 5.41) is 1.44. The Morgan fingerprint density at radius 2 is 1.80 bits per heavy atom. The van der Waals surface area contributed by atoms with Crippen molar-refractivity contribution in [1.82, 2.24) is 0 Å². The van der Waals surface area contributed by atoms with Crippen LogP contribution in [0.5, 0.6) is 0 Å². The molecule has 112 valence electrons. The van der Waals surface area contributed by atoms with Gasteiger partial charge in [0.15, 0.2) is 0 Å². The van der Waals surface area contributed by atoms with Crippen LogP contribution in [0.15, 0.2) is 30.3 Å². The van der Waals surface area contributed by atoms with Crippen LogP contribution in [0, 0.1) is 0 Å². The van der Waals surface area contributed by atoms with Crippen molar-refractivity contribution >= 4 is 44.0 Å². The Morgan fingerprint density at radius 1 is 1.10 bits per heavy atom. The molecule has 0 heterocycles. The van der Waals surface area contributed by atoms with Crippen LogP contribution in [0.1, 0.15) is 32.1 Å². The van der Waals surface area contributed by atoms with E-state index in [9.17, 15) is 0 Å². The summed E-state index contributed by atoms with van der Waals surface area (Å²) in [6.07, 6.45) is 6.79. The number of hydrogen-bond donors (Lipinski definition) is 0. The van der Waals surface area contributed by atoms with Gasteiger partial charge in [-0.15, -0.1) is 0 Å². The van der Waals surface area contributed by atoms with Crippen molar-refractivity contribution in [2.75, 3.05) is 0 Å². The van der Waals surface area contributed by atoms with Gasteiger partial charge in [0, 0.05) is 0 Å². The Balaban J connectivity index is 2.09. The van der Waals surface area contributed by atoms with Gasteiger partial charge in [0.25, 0.3) is 20.0 Å². The van der Waals surface area contributed by atoms with Gasteiger partial charge in [-0.2, -0.15) is 0 Å². The van der Waals surface area contributed by atoms with Crippen LogP contribution in [0.4, 0.5) is 0 Å². The van der Waals surface area contributed by atoms with E-state index in [1.54, 1.807) is 0 Å². The third-order valence-corrected chi connectivity index (χ3v) is 13.1. The Bertz CT molecular complexity index is 386. The van der Waals surface area contributed by atoms with Crippen LogP contribution in [0.3, 0.4) is 0 Å². The van der Waals surface area contributed by atoms with Gasteiger partial charge < -0.3 is 12.3 Å². The first-order valence-electron chi connectivity index (χ1n) is 7.53. The maximum absolute atomic E-state index is 6.48. The molecule has 0 spiro atoms. The molecule has 1 fully saturated rings. The number of hydrogen-bond acceptors (Lipinski definition) is 3. The van der Waals surface area contributed by atoms with E-state index in [0.717, 1.165) is 16.0 Å². The largest absolute Gasteiger partial charge is 0.449 e. The summed E-state index contributed by atoms with van der Waals surface area (Å²) in [6.45, 7) is 2.40. The summed E-state index contributed by atoms with van der Waals surface area (Å²) < 4.78 is 17.4. The minimum absolute atomic E-state index is 0.735. The molecule has 0 saturated heterocycles. The lowest BCUT2D eigenvalue weighted by Crippen LogP contribution is -2.53. The smallest absolute Gasteiger partial charge is 0.285 e. The van der Waals surface area contributed by atoms with Crippen molar-refractivity contribution < 1.29 is 12.3 Å².